The molecule has 3 rings (SSSR count). The molecule has 1 fully saturated rings. The molecule has 2 aliphatic heterocycles. The van der Waals surface area contributed by atoms with Gasteiger partial charge in [-0.2, -0.15) is 0 Å². The normalized spacial score (nSPS) is 24.5. The third-order valence-electron chi connectivity index (χ3n) is 4.21. The molecule has 0 amide bonds. The lowest BCUT2D eigenvalue weighted by Gasteiger charge is -2.25. The number of rotatable bonds is 2. The fourth-order valence-corrected chi connectivity index (χ4v) is 3.26. The van der Waals surface area contributed by atoms with Gasteiger partial charge in [0.15, 0.2) is 0 Å². The lowest BCUT2D eigenvalue weighted by atomic mass is 9.91. The van der Waals surface area contributed by atoms with E-state index in [1.165, 1.54) is 29.5 Å². The Labute approximate surface area is 120 Å². The molecular weight excluding hydrogens is 256 g/mol. The molecule has 102 valence electrons. The molecule has 2 heterocycles. The van der Waals surface area contributed by atoms with Crippen LogP contribution in [-0.2, 0) is 0 Å². The summed E-state index contributed by atoms with van der Waals surface area (Å²) >= 11 is 6.20. The number of hydrogen-bond acceptors (Lipinski definition) is 2. The minimum atomic E-state index is 0.481. The van der Waals surface area contributed by atoms with Crippen LogP contribution in [0.3, 0.4) is 0 Å². The topological polar surface area (TPSA) is 15.3 Å². The van der Waals surface area contributed by atoms with E-state index < -0.39 is 0 Å². The van der Waals surface area contributed by atoms with Gasteiger partial charge in [0.25, 0.3) is 0 Å². The second-order valence-electron chi connectivity index (χ2n) is 5.62. The minimum Gasteiger partial charge on any atom is -0.310 e. The summed E-state index contributed by atoms with van der Waals surface area (Å²) in [5.74, 6) is 0. The van der Waals surface area contributed by atoms with Crippen LogP contribution in [0.1, 0.15) is 36.4 Å². The van der Waals surface area contributed by atoms with Gasteiger partial charge in [-0.15, -0.1) is 0 Å². The molecule has 0 aromatic heterocycles. The van der Waals surface area contributed by atoms with Crippen molar-refractivity contribution >= 4 is 17.2 Å². The van der Waals surface area contributed by atoms with Crippen molar-refractivity contribution in [1.29, 1.82) is 0 Å². The third-order valence-corrected chi connectivity index (χ3v) is 4.44. The standard InChI is InChI=1S/C16H21ClN2/c1-19-9-6-12(7-10-19)14-5-4-13(17)11-15(14)16-3-2-8-18-16/h4-6,11,16,18H,2-3,7-10H2,1H3. The van der Waals surface area contributed by atoms with Crippen LogP contribution in [0.15, 0.2) is 24.3 Å². The van der Waals surface area contributed by atoms with Gasteiger partial charge >= 0.3 is 0 Å². The predicted molar refractivity (Wildman–Crippen MR) is 81.5 cm³/mol. The molecule has 2 aliphatic rings. The number of nitrogens with zero attached hydrogens (tertiary/aromatic N) is 1. The molecule has 19 heavy (non-hydrogen) atoms. The lowest BCUT2D eigenvalue weighted by molar-refractivity contribution is 0.370. The van der Waals surface area contributed by atoms with Crippen molar-refractivity contribution in [1.82, 2.24) is 10.2 Å². The Morgan fingerprint density at radius 2 is 2.26 bits per heavy atom. The lowest BCUT2D eigenvalue weighted by Crippen LogP contribution is -2.24. The fourth-order valence-electron chi connectivity index (χ4n) is 3.08. The highest BCUT2D eigenvalue weighted by atomic mass is 35.5. The predicted octanol–water partition coefficient (Wildman–Crippen LogP) is 3.48. The highest BCUT2D eigenvalue weighted by Gasteiger charge is 2.21. The average Bonchev–Trinajstić information content (AvgIpc) is 2.94. The fraction of sp³-hybridized carbons (Fsp3) is 0.500. The van der Waals surface area contributed by atoms with Crippen molar-refractivity contribution in [2.75, 3.05) is 26.7 Å². The maximum absolute atomic E-state index is 6.20. The van der Waals surface area contributed by atoms with Crippen molar-refractivity contribution in [2.24, 2.45) is 0 Å². The first-order chi connectivity index (χ1) is 9.24. The van der Waals surface area contributed by atoms with Gasteiger partial charge in [-0.3, -0.25) is 0 Å². The van der Waals surface area contributed by atoms with Crippen LogP contribution < -0.4 is 5.32 Å². The minimum absolute atomic E-state index is 0.481. The quantitative estimate of drug-likeness (QED) is 0.890. The number of benzene rings is 1. The molecular formula is C16H21ClN2. The Hall–Kier alpha value is -0.830. The zero-order chi connectivity index (χ0) is 13.2. The first-order valence-corrected chi connectivity index (χ1v) is 7.52. The van der Waals surface area contributed by atoms with Gasteiger partial charge in [-0.1, -0.05) is 23.7 Å². The summed E-state index contributed by atoms with van der Waals surface area (Å²) in [6.07, 6.45) is 5.99. The summed E-state index contributed by atoms with van der Waals surface area (Å²) in [5, 5.41) is 4.44. The molecule has 1 atom stereocenters. The van der Waals surface area contributed by atoms with Gasteiger partial charge in [0.2, 0.25) is 0 Å². The summed E-state index contributed by atoms with van der Waals surface area (Å²) in [6, 6.07) is 6.86. The highest BCUT2D eigenvalue weighted by Crippen LogP contribution is 2.34. The van der Waals surface area contributed by atoms with Gasteiger partial charge in [0.1, 0.15) is 0 Å². The van der Waals surface area contributed by atoms with Crippen LogP contribution in [-0.4, -0.2) is 31.6 Å². The molecule has 0 radical (unpaired) electrons. The van der Waals surface area contributed by atoms with E-state index in [0.717, 1.165) is 31.1 Å². The second-order valence-corrected chi connectivity index (χ2v) is 6.06. The molecule has 1 saturated heterocycles. The first kappa shape index (κ1) is 13.2. The Kier molecular flexibility index (Phi) is 3.92. The monoisotopic (exact) mass is 276 g/mol. The number of halogens is 1. The van der Waals surface area contributed by atoms with E-state index in [2.05, 4.69) is 35.5 Å². The summed E-state index contributed by atoms with van der Waals surface area (Å²) in [7, 11) is 2.18. The smallest absolute Gasteiger partial charge is 0.0409 e. The maximum Gasteiger partial charge on any atom is 0.0409 e. The largest absolute Gasteiger partial charge is 0.310 e. The van der Waals surface area contributed by atoms with Gasteiger partial charge in [0.05, 0.1) is 0 Å². The van der Waals surface area contributed by atoms with E-state index >= 15 is 0 Å². The molecule has 1 unspecified atom stereocenters. The molecule has 1 N–H and O–H groups in total. The van der Waals surface area contributed by atoms with Gasteiger partial charge in [0, 0.05) is 24.2 Å². The number of hydrogen-bond donors (Lipinski definition) is 1. The Morgan fingerprint density at radius 1 is 1.37 bits per heavy atom. The molecule has 0 aliphatic carbocycles. The molecule has 1 aromatic carbocycles. The summed E-state index contributed by atoms with van der Waals surface area (Å²) < 4.78 is 0. The highest BCUT2D eigenvalue weighted by molar-refractivity contribution is 6.30. The zero-order valence-electron chi connectivity index (χ0n) is 11.5. The molecule has 0 bridgehead atoms. The number of nitrogens with one attached hydrogen (secondary N) is 1. The Bertz CT molecular complexity index is 490. The average molecular weight is 277 g/mol. The van der Waals surface area contributed by atoms with Gasteiger partial charge in [-0.05, 0) is 61.7 Å². The van der Waals surface area contributed by atoms with Crippen molar-refractivity contribution in [3.8, 4) is 0 Å². The third kappa shape index (κ3) is 2.86. The Morgan fingerprint density at radius 3 is 2.95 bits per heavy atom. The second kappa shape index (κ2) is 5.66. The van der Waals surface area contributed by atoms with Gasteiger partial charge in [-0.25, -0.2) is 0 Å². The van der Waals surface area contributed by atoms with E-state index in [1.54, 1.807) is 0 Å². The van der Waals surface area contributed by atoms with E-state index in [4.69, 9.17) is 11.6 Å². The van der Waals surface area contributed by atoms with E-state index in [0.29, 0.717) is 6.04 Å². The molecule has 2 nitrogen and oxygen atoms in total. The molecule has 0 saturated carbocycles. The molecule has 3 heteroatoms. The van der Waals surface area contributed by atoms with Crippen LogP contribution in [0.2, 0.25) is 5.02 Å². The van der Waals surface area contributed by atoms with Crippen LogP contribution in [0, 0.1) is 0 Å². The maximum atomic E-state index is 6.20. The molecule has 0 spiro atoms. The summed E-state index contributed by atoms with van der Waals surface area (Å²) in [4.78, 5) is 2.35. The molecule has 1 aromatic rings. The van der Waals surface area contributed by atoms with Crippen molar-refractivity contribution in [3.05, 3.63) is 40.4 Å². The Balaban J connectivity index is 1.96. The summed E-state index contributed by atoms with van der Waals surface area (Å²) in [6.45, 7) is 3.32. The van der Waals surface area contributed by atoms with Gasteiger partial charge < -0.3 is 10.2 Å². The van der Waals surface area contributed by atoms with Crippen LogP contribution in [0.25, 0.3) is 5.57 Å². The zero-order valence-corrected chi connectivity index (χ0v) is 12.2. The van der Waals surface area contributed by atoms with E-state index in [9.17, 15) is 0 Å². The number of likely N-dealkylation sites (N-methyl/N-ethyl adjacent to an activating group) is 1. The summed E-state index contributed by atoms with van der Waals surface area (Å²) in [5.41, 5.74) is 4.27. The van der Waals surface area contributed by atoms with E-state index in [-0.39, 0.29) is 0 Å². The van der Waals surface area contributed by atoms with Crippen molar-refractivity contribution < 1.29 is 0 Å². The first-order valence-electron chi connectivity index (χ1n) is 7.15. The van der Waals surface area contributed by atoms with Crippen LogP contribution in [0.4, 0.5) is 0 Å². The SMILES string of the molecule is CN1CC=C(c2ccc(Cl)cc2C2CCCN2)CC1. The van der Waals surface area contributed by atoms with Crippen LogP contribution >= 0.6 is 11.6 Å². The van der Waals surface area contributed by atoms with Crippen molar-refractivity contribution in [2.45, 2.75) is 25.3 Å². The van der Waals surface area contributed by atoms with E-state index in [1.807, 2.05) is 6.07 Å². The van der Waals surface area contributed by atoms with Crippen molar-refractivity contribution in [3.63, 3.8) is 0 Å². The van der Waals surface area contributed by atoms with Crippen LogP contribution in [0.5, 0.6) is 0 Å².